The smallest absolute Gasteiger partial charge is 0.407 e. The number of rotatable bonds is 5. The van der Waals surface area contributed by atoms with Crippen molar-refractivity contribution in [1.82, 2.24) is 10.2 Å². The van der Waals surface area contributed by atoms with Crippen LogP contribution in [0.1, 0.15) is 49.1 Å². The molecule has 2 saturated carbocycles. The lowest BCUT2D eigenvalue weighted by Gasteiger charge is -2.37. The number of aliphatic carboxylic acids is 1. The van der Waals surface area contributed by atoms with E-state index in [2.05, 4.69) is 29.6 Å². The molecule has 2 bridgehead atoms. The molecule has 3 aliphatic carbocycles. The Balaban J connectivity index is 1.11. The van der Waals surface area contributed by atoms with Gasteiger partial charge in [0.05, 0.1) is 11.8 Å². The summed E-state index contributed by atoms with van der Waals surface area (Å²) in [5.41, 5.74) is 4.68. The van der Waals surface area contributed by atoms with Crippen LogP contribution in [-0.4, -0.2) is 53.2 Å². The summed E-state index contributed by atoms with van der Waals surface area (Å²) in [6.07, 6.45) is 3.60. The number of amides is 2. The summed E-state index contributed by atoms with van der Waals surface area (Å²) < 4.78 is 5.72. The molecule has 2 N–H and O–H groups in total. The molecule has 5 atom stereocenters. The van der Waals surface area contributed by atoms with Crippen LogP contribution < -0.4 is 5.32 Å². The highest BCUT2D eigenvalue weighted by atomic mass is 16.5. The van der Waals surface area contributed by atoms with Crippen molar-refractivity contribution >= 4 is 18.0 Å². The zero-order chi connectivity index (χ0) is 24.1. The van der Waals surface area contributed by atoms with Gasteiger partial charge in [0.2, 0.25) is 5.91 Å². The van der Waals surface area contributed by atoms with Gasteiger partial charge in [-0.2, -0.15) is 0 Å². The average molecular weight is 475 g/mol. The predicted molar refractivity (Wildman–Crippen MR) is 129 cm³/mol. The van der Waals surface area contributed by atoms with E-state index in [1.54, 1.807) is 4.90 Å². The van der Waals surface area contributed by atoms with Crippen molar-refractivity contribution in [2.45, 2.75) is 50.1 Å². The fraction of sp³-hybridized carbons (Fsp3) is 0.464. The van der Waals surface area contributed by atoms with Gasteiger partial charge in [0.15, 0.2) is 0 Å². The Hall–Kier alpha value is -3.35. The fourth-order valence-corrected chi connectivity index (χ4v) is 6.84. The number of hydrogen-bond donors (Lipinski definition) is 2. The number of hydrogen-bond acceptors (Lipinski definition) is 4. The second-order valence-electron chi connectivity index (χ2n) is 10.4. The number of carboxylic acids is 1. The average Bonchev–Trinajstić information content (AvgIpc) is 3.53. The van der Waals surface area contributed by atoms with Crippen molar-refractivity contribution in [2.75, 3.05) is 13.2 Å². The van der Waals surface area contributed by atoms with Crippen LogP contribution in [0.4, 0.5) is 4.79 Å². The first-order chi connectivity index (χ1) is 17.0. The van der Waals surface area contributed by atoms with Gasteiger partial charge in [-0.15, -0.1) is 0 Å². The van der Waals surface area contributed by atoms with Gasteiger partial charge in [-0.05, 0) is 47.4 Å². The summed E-state index contributed by atoms with van der Waals surface area (Å²) in [5.74, 6) is -1.52. The lowest BCUT2D eigenvalue weighted by molar-refractivity contribution is -0.149. The van der Waals surface area contributed by atoms with Crippen LogP contribution in [0.5, 0.6) is 0 Å². The lowest BCUT2D eigenvalue weighted by atomic mass is 9.74. The van der Waals surface area contributed by atoms with Gasteiger partial charge in [0.25, 0.3) is 0 Å². The molecule has 2 aromatic carbocycles. The molecule has 7 rings (SSSR count). The molecule has 4 fully saturated rings. The summed E-state index contributed by atoms with van der Waals surface area (Å²) >= 11 is 0. The van der Waals surface area contributed by atoms with Crippen molar-refractivity contribution in [2.24, 2.45) is 17.8 Å². The second kappa shape index (κ2) is 8.70. The van der Waals surface area contributed by atoms with Crippen molar-refractivity contribution in [3.63, 3.8) is 0 Å². The van der Waals surface area contributed by atoms with Gasteiger partial charge in [-0.25, -0.2) is 4.79 Å². The Morgan fingerprint density at radius 3 is 2.29 bits per heavy atom. The third-order valence-corrected chi connectivity index (χ3v) is 8.60. The minimum Gasteiger partial charge on any atom is -0.481 e. The van der Waals surface area contributed by atoms with Crippen molar-refractivity contribution in [3.05, 3.63) is 59.7 Å². The van der Waals surface area contributed by atoms with Crippen molar-refractivity contribution in [1.29, 1.82) is 0 Å². The van der Waals surface area contributed by atoms with Gasteiger partial charge in [0.1, 0.15) is 6.61 Å². The first-order valence-electron chi connectivity index (χ1n) is 12.7. The number of carboxylic acid groups (broad SMARTS) is 1. The highest BCUT2D eigenvalue weighted by Crippen LogP contribution is 2.48. The molecule has 35 heavy (non-hydrogen) atoms. The zero-order valence-electron chi connectivity index (χ0n) is 19.6. The summed E-state index contributed by atoms with van der Waals surface area (Å²) in [5, 5.41) is 12.4. The van der Waals surface area contributed by atoms with Crippen LogP contribution in [0.25, 0.3) is 11.1 Å². The van der Waals surface area contributed by atoms with E-state index in [4.69, 9.17) is 4.74 Å². The molecular weight excluding hydrogens is 444 g/mol. The molecule has 2 aromatic rings. The molecule has 5 unspecified atom stereocenters. The monoisotopic (exact) mass is 474 g/mol. The van der Waals surface area contributed by atoms with Crippen LogP contribution in [0, 0.1) is 17.8 Å². The Kier molecular flexibility index (Phi) is 5.50. The molecule has 7 heteroatoms. The largest absolute Gasteiger partial charge is 0.481 e. The maximum atomic E-state index is 13.4. The van der Waals surface area contributed by atoms with Gasteiger partial charge in [0, 0.05) is 24.5 Å². The van der Waals surface area contributed by atoms with E-state index in [9.17, 15) is 19.5 Å². The van der Waals surface area contributed by atoms with E-state index in [0.717, 1.165) is 36.8 Å². The van der Waals surface area contributed by atoms with Crippen LogP contribution in [-0.2, 0) is 14.3 Å². The van der Waals surface area contributed by atoms with Crippen molar-refractivity contribution < 1.29 is 24.2 Å². The molecule has 5 aliphatic rings. The second-order valence-corrected chi connectivity index (χ2v) is 10.4. The van der Waals surface area contributed by atoms with E-state index >= 15 is 0 Å². The zero-order valence-corrected chi connectivity index (χ0v) is 19.6. The van der Waals surface area contributed by atoms with Gasteiger partial charge in [-0.3, -0.25) is 9.59 Å². The predicted octanol–water partition coefficient (Wildman–Crippen LogP) is 4.02. The van der Waals surface area contributed by atoms with E-state index in [0.29, 0.717) is 13.0 Å². The summed E-state index contributed by atoms with van der Waals surface area (Å²) in [7, 11) is 0. The number of ether oxygens (including phenoxy) is 1. The minimum atomic E-state index is -0.807. The maximum Gasteiger partial charge on any atom is 0.407 e. The topological polar surface area (TPSA) is 95.9 Å². The molecule has 2 amide bonds. The first kappa shape index (κ1) is 22.1. The van der Waals surface area contributed by atoms with Crippen LogP contribution >= 0.6 is 0 Å². The number of carbonyl (C=O) groups excluding carboxylic acids is 2. The van der Waals surface area contributed by atoms with Gasteiger partial charge >= 0.3 is 12.1 Å². The number of carbonyl (C=O) groups is 3. The summed E-state index contributed by atoms with van der Waals surface area (Å²) in [6.45, 7) is 0.760. The summed E-state index contributed by atoms with van der Waals surface area (Å²) in [4.78, 5) is 39.5. The molecule has 2 heterocycles. The van der Waals surface area contributed by atoms with E-state index in [1.807, 2.05) is 24.3 Å². The van der Waals surface area contributed by atoms with Gasteiger partial charge < -0.3 is 20.1 Å². The first-order valence-corrected chi connectivity index (χ1v) is 12.7. The van der Waals surface area contributed by atoms with Crippen molar-refractivity contribution in [3.8, 4) is 11.1 Å². The number of alkyl carbamates (subject to hydrolysis) is 1. The van der Waals surface area contributed by atoms with E-state index < -0.39 is 18.0 Å². The number of fused-ring (bicyclic) bond motifs is 4. The molecular formula is C28H30N2O5. The maximum absolute atomic E-state index is 13.4. The summed E-state index contributed by atoms with van der Waals surface area (Å²) in [6, 6.07) is 16.0. The minimum absolute atomic E-state index is 0.00935. The third kappa shape index (κ3) is 3.68. The molecule has 0 aromatic heterocycles. The Morgan fingerprint density at radius 1 is 0.971 bits per heavy atom. The quantitative estimate of drug-likeness (QED) is 0.683. The number of nitrogens with zero attached hydrogens (tertiary/aromatic N) is 1. The van der Waals surface area contributed by atoms with Crippen LogP contribution in [0.15, 0.2) is 48.5 Å². The number of benzene rings is 2. The standard InChI is InChI=1S/C28H30N2O5/c31-26(30-14-16-13-24(30)25(16)27(32)33)21-11-5-6-12-23(21)29-28(34)35-15-22-19-9-3-1-7-17(19)18-8-2-4-10-20(18)22/h1-4,7-10,16,21-25H,5-6,11-15H2,(H,29,34)(H,32,33). The Bertz CT molecular complexity index is 1130. The SMILES string of the molecule is O=C(NC1CCCCC1C(=O)N1CC2CC1C2C(=O)O)OCC1c2ccccc2-c2ccccc21. The normalized spacial score (nSPS) is 28.6. The molecule has 7 nitrogen and oxygen atoms in total. The Labute approximate surface area is 204 Å². The lowest BCUT2D eigenvalue weighted by Crippen LogP contribution is -2.52. The van der Waals surface area contributed by atoms with Gasteiger partial charge in [-0.1, -0.05) is 61.4 Å². The van der Waals surface area contributed by atoms with E-state index in [-0.39, 0.29) is 42.4 Å². The van der Waals surface area contributed by atoms with Crippen LogP contribution in [0.2, 0.25) is 0 Å². The Morgan fingerprint density at radius 2 is 1.63 bits per heavy atom. The molecule has 0 spiro atoms. The molecule has 2 saturated heterocycles. The fourth-order valence-electron chi connectivity index (χ4n) is 6.84. The highest BCUT2D eigenvalue weighted by Gasteiger charge is 2.58. The third-order valence-electron chi connectivity index (χ3n) is 8.60. The highest BCUT2D eigenvalue weighted by molar-refractivity contribution is 5.84. The molecule has 2 aliphatic heterocycles. The van der Waals surface area contributed by atoms with E-state index in [1.165, 1.54) is 11.1 Å². The number of nitrogens with one attached hydrogen (secondary N) is 1. The molecule has 182 valence electrons. The molecule has 0 radical (unpaired) electrons. The van der Waals surface area contributed by atoms with Crippen LogP contribution in [0.3, 0.4) is 0 Å².